The van der Waals surface area contributed by atoms with Crippen LogP contribution in [0.5, 0.6) is 0 Å². The predicted molar refractivity (Wildman–Crippen MR) is 100 cm³/mol. The Kier molecular flexibility index (Phi) is 7.74. The summed E-state index contributed by atoms with van der Waals surface area (Å²) in [6.07, 6.45) is 0.257. The highest BCUT2D eigenvalue weighted by Crippen LogP contribution is 2.14. The Balaban J connectivity index is 2.68. The first-order valence-corrected chi connectivity index (χ1v) is 8.87. The number of aliphatic hydroxyl groups excluding tert-OH is 1. The third-order valence-electron chi connectivity index (χ3n) is 3.82. The first kappa shape index (κ1) is 20.5. The zero-order valence-electron chi connectivity index (χ0n) is 16.0. The molecule has 0 aliphatic rings. The molecule has 0 aliphatic carbocycles. The minimum atomic E-state index is -0.547. The van der Waals surface area contributed by atoms with Crippen LogP contribution < -0.4 is 5.32 Å². The number of carbonyl (C=O) groups excluding carboxylic acids is 1. The normalized spacial score (nSPS) is 14.3. The van der Waals surface area contributed by atoms with Gasteiger partial charge in [0.25, 0.3) is 0 Å². The fraction of sp³-hybridized carbons (Fsp3) is 0.650. The standard InChI is InChI=1S/C20H34N2O2/c1-15(2)13-22(19(24)21-20(4,5)6)14-18(23)16(3)12-17-10-8-7-9-11-17/h7-11,15-16,18,23H,12-14H2,1-6H3,(H,21,24)/t16-,18+/m0/s1. The Bertz CT molecular complexity index is 494. The average molecular weight is 335 g/mol. The maximum Gasteiger partial charge on any atom is 0.317 e. The molecule has 1 rings (SSSR count). The average Bonchev–Trinajstić information content (AvgIpc) is 2.45. The molecule has 0 saturated heterocycles. The van der Waals surface area contributed by atoms with Gasteiger partial charge in [-0.15, -0.1) is 0 Å². The van der Waals surface area contributed by atoms with E-state index < -0.39 is 6.10 Å². The molecule has 0 fully saturated rings. The lowest BCUT2D eigenvalue weighted by Crippen LogP contribution is -2.52. The van der Waals surface area contributed by atoms with Crippen LogP contribution in [-0.2, 0) is 6.42 Å². The van der Waals surface area contributed by atoms with E-state index >= 15 is 0 Å². The van der Waals surface area contributed by atoms with Crippen LogP contribution in [0.1, 0.15) is 47.1 Å². The van der Waals surface area contributed by atoms with Gasteiger partial charge < -0.3 is 15.3 Å². The number of urea groups is 1. The van der Waals surface area contributed by atoms with E-state index in [2.05, 4.69) is 31.3 Å². The van der Waals surface area contributed by atoms with E-state index in [9.17, 15) is 9.90 Å². The van der Waals surface area contributed by atoms with E-state index in [0.29, 0.717) is 19.0 Å². The van der Waals surface area contributed by atoms with Crippen LogP contribution in [-0.4, -0.2) is 40.8 Å². The number of hydrogen-bond acceptors (Lipinski definition) is 2. The Morgan fingerprint density at radius 1 is 1.12 bits per heavy atom. The summed E-state index contributed by atoms with van der Waals surface area (Å²) in [6.45, 7) is 13.1. The van der Waals surface area contributed by atoms with E-state index in [0.717, 1.165) is 6.42 Å². The van der Waals surface area contributed by atoms with Crippen molar-refractivity contribution < 1.29 is 9.90 Å². The van der Waals surface area contributed by atoms with E-state index in [1.165, 1.54) is 5.56 Å². The number of benzene rings is 1. The van der Waals surface area contributed by atoms with Crippen LogP contribution in [0.2, 0.25) is 0 Å². The van der Waals surface area contributed by atoms with Gasteiger partial charge in [-0.05, 0) is 44.6 Å². The molecular formula is C20H34N2O2. The van der Waals surface area contributed by atoms with E-state index in [1.807, 2.05) is 45.9 Å². The number of nitrogens with zero attached hydrogens (tertiary/aromatic N) is 1. The highest BCUT2D eigenvalue weighted by Gasteiger charge is 2.25. The monoisotopic (exact) mass is 334 g/mol. The third kappa shape index (κ3) is 7.82. The van der Waals surface area contributed by atoms with Crippen LogP contribution >= 0.6 is 0 Å². The Hall–Kier alpha value is -1.55. The molecule has 0 spiro atoms. The summed E-state index contributed by atoms with van der Waals surface area (Å²) < 4.78 is 0. The summed E-state index contributed by atoms with van der Waals surface area (Å²) >= 11 is 0. The van der Waals surface area contributed by atoms with Gasteiger partial charge in [0.15, 0.2) is 0 Å². The molecule has 2 atom stereocenters. The molecule has 4 nitrogen and oxygen atoms in total. The van der Waals surface area contributed by atoms with Gasteiger partial charge >= 0.3 is 6.03 Å². The van der Waals surface area contributed by atoms with Gasteiger partial charge in [-0.25, -0.2) is 4.79 Å². The summed E-state index contributed by atoms with van der Waals surface area (Å²) in [5, 5.41) is 13.6. The summed E-state index contributed by atoms with van der Waals surface area (Å²) in [7, 11) is 0. The first-order valence-electron chi connectivity index (χ1n) is 8.87. The molecule has 4 heteroatoms. The Morgan fingerprint density at radius 2 is 1.71 bits per heavy atom. The summed E-state index contributed by atoms with van der Waals surface area (Å²) in [4.78, 5) is 14.3. The minimum Gasteiger partial charge on any atom is -0.391 e. The van der Waals surface area contributed by atoms with E-state index in [-0.39, 0.29) is 17.5 Å². The molecule has 0 bridgehead atoms. The maximum absolute atomic E-state index is 12.5. The van der Waals surface area contributed by atoms with Gasteiger partial charge in [0.05, 0.1) is 6.10 Å². The van der Waals surface area contributed by atoms with Crippen LogP contribution in [0.15, 0.2) is 30.3 Å². The van der Waals surface area contributed by atoms with Gasteiger partial charge in [-0.1, -0.05) is 51.1 Å². The second-order valence-electron chi connectivity index (χ2n) is 8.21. The number of aliphatic hydroxyl groups is 1. The molecule has 1 aromatic rings. The van der Waals surface area contributed by atoms with Crippen molar-refractivity contribution >= 4 is 6.03 Å². The molecule has 2 amide bonds. The highest BCUT2D eigenvalue weighted by molar-refractivity contribution is 5.75. The summed E-state index contributed by atoms with van der Waals surface area (Å²) in [6, 6.07) is 10.0. The number of hydrogen-bond donors (Lipinski definition) is 2. The minimum absolute atomic E-state index is 0.0875. The molecule has 2 N–H and O–H groups in total. The fourth-order valence-electron chi connectivity index (χ4n) is 2.61. The number of nitrogens with one attached hydrogen (secondary N) is 1. The second-order valence-corrected chi connectivity index (χ2v) is 8.21. The van der Waals surface area contributed by atoms with Gasteiger partial charge in [0.2, 0.25) is 0 Å². The molecule has 24 heavy (non-hydrogen) atoms. The zero-order chi connectivity index (χ0) is 18.3. The SMILES string of the molecule is CC(C)CN(C[C@@H](O)[C@@H](C)Cc1ccccc1)C(=O)NC(C)(C)C. The zero-order valence-corrected chi connectivity index (χ0v) is 16.0. The molecule has 0 radical (unpaired) electrons. The molecule has 0 unspecified atom stereocenters. The highest BCUT2D eigenvalue weighted by atomic mass is 16.3. The van der Waals surface area contributed by atoms with Crippen LogP contribution in [0.3, 0.4) is 0 Å². The van der Waals surface area contributed by atoms with Crippen molar-refractivity contribution in [3.05, 3.63) is 35.9 Å². The molecule has 0 aromatic heterocycles. The summed E-state index contributed by atoms with van der Waals surface area (Å²) in [5.74, 6) is 0.442. The van der Waals surface area contributed by atoms with Crippen molar-refractivity contribution in [3.63, 3.8) is 0 Å². The topological polar surface area (TPSA) is 52.6 Å². The first-order chi connectivity index (χ1) is 11.1. The third-order valence-corrected chi connectivity index (χ3v) is 3.82. The van der Waals surface area contributed by atoms with Crippen LogP contribution in [0.25, 0.3) is 0 Å². The second kappa shape index (κ2) is 9.07. The van der Waals surface area contributed by atoms with Crippen molar-refractivity contribution in [2.45, 2.75) is 59.6 Å². The summed E-state index contributed by atoms with van der Waals surface area (Å²) in [5.41, 5.74) is 0.922. The lowest BCUT2D eigenvalue weighted by molar-refractivity contribution is 0.0746. The van der Waals surface area contributed by atoms with Gasteiger partial charge in [0, 0.05) is 18.6 Å². The van der Waals surface area contributed by atoms with Crippen molar-refractivity contribution in [1.82, 2.24) is 10.2 Å². The predicted octanol–water partition coefficient (Wildman–Crippen LogP) is 3.69. The maximum atomic E-state index is 12.5. The van der Waals surface area contributed by atoms with Gasteiger partial charge in [-0.2, -0.15) is 0 Å². The van der Waals surface area contributed by atoms with E-state index in [4.69, 9.17) is 0 Å². The number of amides is 2. The Morgan fingerprint density at radius 3 is 2.21 bits per heavy atom. The Labute approximate surface area is 147 Å². The van der Waals surface area contributed by atoms with Crippen molar-refractivity contribution in [2.24, 2.45) is 11.8 Å². The quantitative estimate of drug-likeness (QED) is 0.799. The lowest BCUT2D eigenvalue weighted by Gasteiger charge is -2.32. The molecular weight excluding hydrogens is 300 g/mol. The largest absolute Gasteiger partial charge is 0.391 e. The van der Waals surface area contributed by atoms with Crippen molar-refractivity contribution in [3.8, 4) is 0 Å². The molecule has 0 aliphatic heterocycles. The molecule has 0 heterocycles. The van der Waals surface area contributed by atoms with Gasteiger partial charge in [0.1, 0.15) is 0 Å². The van der Waals surface area contributed by atoms with Crippen molar-refractivity contribution in [1.29, 1.82) is 0 Å². The molecule has 1 aromatic carbocycles. The lowest BCUT2D eigenvalue weighted by atomic mass is 9.95. The van der Waals surface area contributed by atoms with Crippen molar-refractivity contribution in [2.75, 3.05) is 13.1 Å². The molecule has 136 valence electrons. The van der Waals surface area contributed by atoms with Crippen LogP contribution in [0.4, 0.5) is 4.79 Å². The molecule has 0 saturated carbocycles. The van der Waals surface area contributed by atoms with E-state index in [1.54, 1.807) is 4.90 Å². The number of carbonyl (C=O) groups is 1. The number of rotatable bonds is 7. The smallest absolute Gasteiger partial charge is 0.317 e. The fourth-order valence-corrected chi connectivity index (χ4v) is 2.61. The van der Waals surface area contributed by atoms with Crippen LogP contribution in [0, 0.1) is 11.8 Å². The van der Waals surface area contributed by atoms with Gasteiger partial charge in [-0.3, -0.25) is 0 Å².